The number of hydrogen-bond acceptors (Lipinski definition) is 3. The number of aliphatic carboxylic acids is 1. The molecular weight excluding hydrogens is 274 g/mol. The van der Waals surface area contributed by atoms with Crippen LogP contribution in [0.3, 0.4) is 0 Å². The molecule has 1 saturated carbocycles. The highest BCUT2D eigenvalue weighted by Crippen LogP contribution is 2.47. The zero-order valence-corrected chi connectivity index (χ0v) is 11.9. The van der Waals surface area contributed by atoms with Crippen LogP contribution >= 0.6 is 11.3 Å². The highest BCUT2D eigenvalue weighted by atomic mass is 32.1. The van der Waals surface area contributed by atoms with E-state index >= 15 is 0 Å². The third kappa shape index (κ3) is 1.98. The van der Waals surface area contributed by atoms with Crippen LogP contribution in [0.15, 0.2) is 29.6 Å². The van der Waals surface area contributed by atoms with Crippen LogP contribution in [0.5, 0.6) is 0 Å². The summed E-state index contributed by atoms with van der Waals surface area (Å²) in [7, 11) is 1.68. The van der Waals surface area contributed by atoms with Gasteiger partial charge in [-0.1, -0.05) is 18.2 Å². The Bertz CT molecular complexity index is 687. The summed E-state index contributed by atoms with van der Waals surface area (Å²) in [6.45, 7) is 0.456. The second kappa shape index (κ2) is 4.59. The van der Waals surface area contributed by atoms with E-state index in [1.165, 1.54) is 9.60 Å². The van der Waals surface area contributed by atoms with Gasteiger partial charge in [-0.05, 0) is 35.2 Å². The minimum atomic E-state index is -1.15. The predicted octanol–water partition coefficient (Wildman–Crippen LogP) is 2.72. The summed E-state index contributed by atoms with van der Waals surface area (Å²) < 4.78 is 1.18. The number of carbonyl (C=O) groups is 2. The topological polar surface area (TPSA) is 57.6 Å². The zero-order chi connectivity index (χ0) is 14.3. The fourth-order valence-corrected chi connectivity index (χ4v) is 3.45. The molecule has 0 unspecified atom stereocenters. The standard InChI is InChI=1S/C15H15NO3S/c1-16(13(17)15(6-7-15)14(18)19)8-10-9-20-12-5-3-2-4-11(10)12/h2-5,9H,6-8H2,1H3,(H,18,19). The van der Waals surface area contributed by atoms with Crippen LogP contribution in [0.1, 0.15) is 18.4 Å². The second-order valence-electron chi connectivity index (χ2n) is 5.31. The number of hydrogen-bond donors (Lipinski definition) is 1. The van der Waals surface area contributed by atoms with Gasteiger partial charge in [-0.3, -0.25) is 9.59 Å². The Labute approximate surface area is 120 Å². The molecule has 1 aromatic heterocycles. The second-order valence-corrected chi connectivity index (χ2v) is 6.22. The molecule has 0 saturated heterocycles. The molecule has 3 rings (SSSR count). The van der Waals surface area contributed by atoms with Crippen LogP contribution in [0, 0.1) is 5.41 Å². The summed E-state index contributed by atoms with van der Waals surface area (Å²) >= 11 is 1.64. The fourth-order valence-electron chi connectivity index (χ4n) is 2.49. The number of amides is 1. The average Bonchev–Trinajstić information content (AvgIpc) is 3.16. The summed E-state index contributed by atoms with van der Waals surface area (Å²) in [6, 6.07) is 8.04. The lowest BCUT2D eigenvalue weighted by Crippen LogP contribution is -2.38. The highest BCUT2D eigenvalue weighted by Gasteiger charge is 2.58. The van der Waals surface area contributed by atoms with E-state index < -0.39 is 11.4 Å². The van der Waals surface area contributed by atoms with Gasteiger partial charge < -0.3 is 10.0 Å². The van der Waals surface area contributed by atoms with Gasteiger partial charge in [0.15, 0.2) is 0 Å². The minimum Gasteiger partial charge on any atom is -0.480 e. The Hall–Kier alpha value is -1.88. The normalized spacial score (nSPS) is 16.1. The fraction of sp³-hybridized carbons (Fsp3) is 0.333. The van der Waals surface area contributed by atoms with Crippen molar-refractivity contribution in [3.8, 4) is 0 Å². The van der Waals surface area contributed by atoms with Crippen molar-refractivity contribution in [1.29, 1.82) is 0 Å². The van der Waals surface area contributed by atoms with Crippen molar-refractivity contribution in [3.05, 3.63) is 35.2 Å². The predicted molar refractivity (Wildman–Crippen MR) is 77.6 cm³/mol. The molecule has 0 radical (unpaired) electrons. The van der Waals surface area contributed by atoms with Crippen LogP contribution in [-0.4, -0.2) is 28.9 Å². The van der Waals surface area contributed by atoms with Gasteiger partial charge >= 0.3 is 5.97 Å². The Morgan fingerprint density at radius 3 is 2.70 bits per heavy atom. The van der Waals surface area contributed by atoms with Crippen LogP contribution in [-0.2, 0) is 16.1 Å². The molecule has 1 aromatic carbocycles. The molecule has 104 valence electrons. The van der Waals surface area contributed by atoms with Gasteiger partial charge in [0.05, 0.1) is 0 Å². The molecule has 1 aliphatic rings. The average molecular weight is 289 g/mol. The number of carboxylic acid groups (broad SMARTS) is 1. The van der Waals surface area contributed by atoms with E-state index in [0.29, 0.717) is 19.4 Å². The molecule has 20 heavy (non-hydrogen) atoms. The quantitative estimate of drug-likeness (QED) is 0.880. The number of benzene rings is 1. The lowest BCUT2D eigenvalue weighted by atomic mass is 10.1. The van der Waals surface area contributed by atoms with Crippen LogP contribution < -0.4 is 0 Å². The van der Waals surface area contributed by atoms with Crippen LogP contribution in [0.25, 0.3) is 10.1 Å². The molecule has 2 aromatic rings. The van der Waals surface area contributed by atoms with Crippen LogP contribution in [0.2, 0.25) is 0 Å². The van der Waals surface area contributed by atoms with E-state index in [1.54, 1.807) is 18.4 Å². The summed E-state index contributed by atoms with van der Waals surface area (Å²) in [5.74, 6) is -1.27. The van der Waals surface area contributed by atoms with Gasteiger partial charge in [-0.25, -0.2) is 0 Å². The molecule has 0 spiro atoms. The number of carboxylic acids is 1. The molecule has 0 bridgehead atoms. The van der Waals surface area contributed by atoms with Gasteiger partial charge in [-0.2, -0.15) is 0 Å². The van der Waals surface area contributed by atoms with E-state index in [2.05, 4.69) is 0 Å². The Morgan fingerprint density at radius 1 is 1.35 bits per heavy atom. The van der Waals surface area contributed by atoms with E-state index in [1.807, 2.05) is 29.6 Å². The maximum absolute atomic E-state index is 12.3. The molecule has 5 heteroatoms. The first-order valence-electron chi connectivity index (χ1n) is 6.49. The Kier molecular flexibility index (Phi) is 3.01. The Balaban J connectivity index is 1.81. The molecule has 4 nitrogen and oxygen atoms in total. The number of thiophene rings is 1. The number of fused-ring (bicyclic) bond motifs is 1. The lowest BCUT2D eigenvalue weighted by Gasteiger charge is -2.20. The van der Waals surface area contributed by atoms with Crippen molar-refractivity contribution in [2.75, 3.05) is 7.05 Å². The first-order valence-corrected chi connectivity index (χ1v) is 7.37. The molecular formula is C15H15NO3S. The van der Waals surface area contributed by atoms with E-state index in [0.717, 1.165) is 10.9 Å². The van der Waals surface area contributed by atoms with Gasteiger partial charge in [0.25, 0.3) is 0 Å². The van der Waals surface area contributed by atoms with Crippen molar-refractivity contribution in [2.24, 2.45) is 5.41 Å². The zero-order valence-electron chi connectivity index (χ0n) is 11.1. The third-order valence-corrected chi connectivity index (χ3v) is 4.90. The third-order valence-electron chi connectivity index (χ3n) is 3.88. The number of carbonyl (C=O) groups excluding carboxylic acids is 1. The highest BCUT2D eigenvalue weighted by molar-refractivity contribution is 7.17. The first kappa shape index (κ1) is 13.1. The maximum atomic E-state index is 12.3. The van der Waals surface area contributed by atoms with Crippen LogP contribution in [0.4, 0.5) is 0 Å². The van der Waals surface area contributed by atoms with Crippen molar-refractivity contribution in [1.82, 2.24) is 4.90 Å². The molecule has 1 amide bonds. The van der Waals surface area contributed by atoms with Crippen molar-refractivity contribution < 1.29 is 14.7 Å². The van der Waals surface area contributed by atoms with Crippen molar-refractivity contribution in [2.45, 2.75) is 19.4 Å². The first-order chi connectivity index (χ1) is 9.54. The van der Waals surface area contributed by atoms with E-state index in [9.17, 15) is 14.7 Å². The van der Waals surface area contributed by atoms with Crippen molar-refractivity contribution in [3.63, 3.8) is 0 Å². The Morgan fingerprint density at radius 2 is 2.05 bits per heavy atom. The van der Waals surface area contributed by atoms with Crippen molar-refractivity contribution >= 4 is 33.3 Å². The SMILES string of the molecule is CN(Cc1csc2ccccc12)C(=O)C1(C(=O)O)CC1. The largest absolute Gasteiger partial charge is 0.480 e. The summed E-state index contributed by atoms with van der Waals surface area (Å²) in [5.41, 5.74) is -0.0803. The van der Waals surface area contributed by atoms with Gasteiger partial charge in [0.2, 0.25) is 5.91 Å². The molecule has 1 N–H and O–H groups in total. The van der Waals surface area contributed by atoms with E-state index in [-0.39, 0.29) is 5.91 Å². The molecule has 0 aliphatic heterocycles. The van der Waals surface area contributed by atoms with Gasteiger partial charge in [-0.15, -0.1) is 11.3 Å². The monoisotopic (exact) mass is 289 g/mol. The molecule has 1 heterocycles. The summed E-state index contributed by atoms with van der Waals surface area (Å²) in [4.78, 5) is 25.0. The maximum Gasteiger partial charge on any atom is 0.319 e. The number of nitrogens with zero attached hydrogens (tertiary/aromatic N) is 1. The van der Waals surface area contributed by atoms with Gasteiger partial charge in [0, 0.05) is 18.3 Å². The lowest BCUT2D eigenvalue weighted by molar-refractivity contribution is -0.153. The number of rotatable bonds is 4. The summed E-state index contributed by atoms with van der Waals surface area (Å²) in [5, 5.41) is 12.3. The van der Waals surface area contributed by atoms with E-state index in [4.69, 9.17) is 0 Å². The molecule has 0 atom stereocenters. The molecule has 1 fully saturated rings. The molecule has 1 aliphatic carbocycles. The summed E-state index contributed by atoms with van der Waals surface area (Å²) in [6.07, 6.45) is 0.909. The smallest absolute Gasteiger partial charge is 0.319 e. The minimum absolute atomic E-state index is 0.278. The van der Waals surface area contributed by atoms with Gasteiger partial charge in [0.1, 0.15) is 5.41 Å².